The molecule has 0 aliphatic heterocycles. The molecule has 0 amide bonds. The van der Waals surface area contributed by atoms with Gasteiger partial charge in [-0.15, -0.1) is 0 Å². The predicted molar refractivity (Wildman–Crippen MR) is 46.5 cm³/mol. The lowest BCUT2D eigenvalue weighted by atomic mass is 10.1. The molecule has 84 valence electrons. The smallest absolute Gasteiger partial charge is 0.373 e. The van der Waals surface area contributed by atoms with E-state index >= 15 is 0 Å². The van der Waals surface area contributed by atoms with Gasteiger partial charge in [-0.25, -0.2) is 8.78 Å². The van der Waals surface area contributed by atoms with Crippen molar-refractivity contribution in [3.8, 4) is 6.07 Å². The summed E-state index contributed by atoms with van der Waals surface area (Å²) in [6, 6.07) is 1.41. The number of rotatable bonds is 3. The maximum Gasteiger partial charge on any atom is 0.373 e. The number of nitrogens with zero attached hydrogens (tertiary/aromatic N) is 3. The number of alkyl halides is 2. The summed E-state index contributed by atoms with van der Waals surface area (Å²) in [7, 11) is 0. The Balaban J connectivity index is 3.58. The Kier molecular flexibility index (Phi) is 3.42. The third kappa shape index (κ3) is 1.94. The van der Waals surface area contributed by atoms with Gasteiger partial charge in [0.2, 0.25) is 0 Å². The first-order valence-corrected chi connectivity index (χ1v) is 3.98. The molecule has 0 atom stereocenters. The minimum absolute atomic E-state index is 0.164. The quantitative estimate of drug-likeness (QED) is 0.621. The summed E-state index contributed by atoms with van der Waals surface area (Å²) in [5.74, 6) is -1.07. The molecule has 0 radical (unpaired) electrons. The van der Waals surface area contributed by atoms with Crippen LogP contribution in [-0.2, 0) is 6.61 Å². The predicted octanol–water partition coefficient (Wildman–Crippen LogP) is 1.29. The Morgan fingerprint density at radius 1 is 1.69 bits per heavy atom. The monoisotopic (exact) mass is 229 g/mol. The summed E-state index contributed by atoms with van der Waals surface area (Å²) in [6.45, 7) is -0.687. The largest absolute Gasteiger partial charge is 0.391 e. The van der Waals surface area contributed by atoms with E-state index in [0.717, 1.165) is 6.20 Å². The number of aliphatic hydroxyl groups excluding tert-OH is 1. The molecule has 1 rings (SSSR count). The van der Waals surface area contributed by atoms with E-state index in [0.29, 0.717) is 0 Å². The van der Waals surface area contributed by atoms with E-state index in [-0.39, 0.29) is 5.56 Å². The van der Waals surface area contributed by atoms with Crippen LogP contribution in [0.5, 0.6) is 0 Å². The van der Waals surface area contributed by atoms with Crippen molar-refractivity contribution < 1.29 is 18.8 Å². The molecular weight excluding hydrogens is 224 g/mol. The zero-order valence-electron chi connectivity index (χ0n) is 7.72. The fourth-order valence-electron chi connectivity index (χ4n) is 1.16. The van der Waals surface area contributed by atoms with E-state index in [2.05, 4.69) is 4.98 Å². The molecule has 0 aliphatic rings. The second-order valence-corrected chi connectivity index (χ2v) is 2.72. The van der Waals surface area contributed by atoms with Crippen LogP contribution in [0.25, 0.3) is 0 Å². The van der Waals surface area contributed by atoms with E-state index in [4.69, 9.17) is 10.4 Å². The number of hydrogen-bond acceptors (Lipinski definition) is 5. The lowest BCUT2D eigenvalue weighted by Crippen LogP contribution is -2.05. The summed E-state index contributed by atoms with van der Waals surface area (Å²) in [5, 5.41) is 27.9. The van der Waals surface area contributed by atoms with Gasteiger partial charge in [0.15, 0.2) is 0 Å². The number of hydrogen-bond donors (Lipinski definition) is 1. The van der Waals surface area contributed by atoms with Gasteiger partial charge in [0.25, 0.3) is 6.43 Å². The fourth-order valence-corrected chi connectivity index (χ4v) is 1.16. The number of nitriles is 1. The van der Waals surface area contributed by atoms with Gasteiger partial charge in [-0.1, -0.05) is 0 Å². The Hall–Kier alpha value is -2.14. The van der Waals surface area contributed by atoms with Crippen molar-refractivity contribution in [2.75, 3.05) is 0 Å². The lowest BCUT2D eigenvalue weighted by molar-refractivity contribution is -0.391. The lowest BCUT2D eigenvalue weighted by Gasteiger charge is -2.05. The summed E-state index contributed by atoms with van der Waals surface area (Å²) >= 11 is 0. The van der Waals surface area contributed by atoms with Crippen molar-refractivity contribution in [2.24, 2.45) is 0 Å². The highest BCUT2D eigenvalue weighted by Gasteiger charge is 2.29. The van der Waals surface area contributed by atoms with Gasteiger partial charge in [-0.3, -0.25) is 0 Å². The van der Waals surface area contributed by atoms with Crippen molar-refractivity contribution in [2.45, 2.75) is 13.0 Å². The molecule has 0 aromatic carbocycles. The van der Waals surface area contributed by atoms with Gasteiger partial charge >= 0.3 is 5.82 Å². The molecule has 0 fully saturated rings. The third-order valence-corrected chi connectivity index (χ3v) is 1.85. The maximum atomic E-state index is 12.6. The van der Waals surface area contributed by atoms with Crippen LogP contribution in [0.2, 0.25) is 0 Å². The van der Waals surface area contributed by atoms with Crippen LogP contribution in [0.1, 0.15) is 23.1 Å². The SMILES string of the molecule is N#Cc1c(CO)cnc([N+](=O)[O-])c1C(F)F. The van der Waals surface area contributed by atoms with Crippen molar-refractivity contribution in [1.82, 2.24) is 4.98 Å². The van der Waals surface area contributed by atoms with Crippen LogP contribution in [0.15, 0.2) is 6.20 Å². The number of aliphatic hydroxyl groups is 1. The molecule has 1 N–H and O–H groups in total. The van der Waals surface area contributed by atoms with Crippen LogP contribution in [0.4, 0.5) is 14.6 Å². The van der Waals surface area contributed by atoms with Crippen molar-refractivity contribution in [1.29, 1.82) is 5.26 Å². The van der Waals surface area contributed by atoms with Crippen LogP contribution < -0.4 is 0 Å². The van der Waals surface area contributed by atoms with Gasteiger partial charge < -0.3 is 15.2 Å². The molecule has 6 nitrogen and oxygen atoms in total. The van der Waals surface area contributed by atoms with E-state index in [1.807, 2.05) is 0 Å². The molecular formula is C8H5F2N3O3. The van der Waals surface area contributed by atoms with Crippen LogP contribution >= 0.6 is 0 Å². The zero-order valence-corrected chi connectivity index (χ0v) is 7.72. The summed E-state index contributed by atoms with van der Waals surface area (Å²) in [4.78, 5) is 12.5. The number of halogens is 2. The fraction of sp³-hybridized carbons (Fsp3) is 0.250. The van der Waals surface area contributed by atoms with Gasteiger partial charge in [0, 0.05) is 5.56 Å². The second-order valence-electron chi connectivity index (χ2n) is 2.72. The first-order valence-electron chi connectivity index (χ1n) is 3.98. The molecule has 0 spiro atoms. The molecule has 0 bridgehead atoms. The molecule has 8 heteroatoms. The highest BCUT2D eigenvalue weighted by molar-refractivity contribution is 5.51. The minimum Gasteiger partial charge on any atom is -0.391 e. The molecule has 1 heterocycles. The zero-order chi connectivity index (χ0) is 12.3. The summed E-state index contributed by atoms with van der Waals surface area (Å²) in [5.41, 5.74) is -1.82. The second kappa shape index (κ2) is 4.59. The van der Waals surface area contributed by atoms with Gasteiger partial charge in [0.1, 0.15) is 17.8 Å². The van der Waals surface area contributed by atoms with Gasteiger partial charge in [-0.05, 0) is 9.91 Å². The number of nitro groups is 1. The van der Waals surface area contributed by atoms with Crippen LogP contribution in [0, 0.1) is 21.4 Å². The van der Waals surface area contributed by atoms with E-state index in [1.165, 1.54) is 6.07 Å². The Morgan fingerprint density at radius 3 is 2.69 bits per heavy atom. The molecule has 1 aromatic heterocycles. The number of pyridine rings is 1. The minimum atomic E-state index is -3.20. The van der Waals surface area contributed by atoms with Gasteiger partial charge in [-0.2, -0.15) is 5.26 Å². The molecule has 1 aromatic rings. The Morgan fingerprint density at radius 2 is 2.31 bits per heavy atom. The normalized spacial score (nSPS) is 10.2. The van der Waals surface area contributed by atoms with Crippen molar-refractivity contribution in [3.63, 3.8) is 0 Å². The van der Waals surface area contributed by atoms with E-state index in [1.54, 1.807) is 0 Å². The molecule has 0 saturated carbocycles. The molecule has 16 heavy (non-hydrogen) atoms. The first kappa shape index (κ1) is 11.9. The topological polar surface area (TPSA) is 100 Å². The highest BCUT2D eigenvalue weighted by Crippen LogP contribution is 2.31. The van der Waals surface area contributed by atoms with Gasteiger partial charge in [0.05, 0.1) is 12.2 Å². The molecule has 0 unspecified atom stereocenters. The Bertz CT molecular complexity index is 470. The van der Waals surface area contributed by atoms with Crippen LogP contribution in [-0.4, -0.2) is 15.0 Å². The summed E-state index contributed by atoms with van der Waals surface area (Å²) in [6.07, 6.45) is -2.36. The number of aromatic nitrogens is 1. The highest BCUT2D eigenvalue weighted by atomic mass is 19.3. The average Bonchev–Trinajstić information content (AvgIpc) is 2.26. The van der Waals surface area contributed by atoms with Crippen LogP contribution in [0.3, 0.4) is 0 Å². The summed E-state index contributed by atoms with van der Waals surface area (Å²) < 4.78 is 25.1. The Labute approximate surface area is 87.9 Å². The third-order valence-electron chi connectivity index (χ3n) is 1.85. The van der Waals surface area contributed by atoms with E-state index < -0.39 is 34.9 Å². The first-order chi connectivity index (χ1) is 7.52. The standard InChI is InChI=1S/C8H5F2N3O3/c9-7(10)6-5(1-11)4(3-14)2-12-8(6)13(15)16/h2,7,14H,3H2. The van der Waals surface area contributed by atoms with E-state index in [9.17, 15) is 18.9 Å². The average molecular weight is 229 g/mol. The molecule has 0 aliphatic carbocycles. The molecule has 0 saturated heterocycles. The van der Waals surface area contributed by atoms with Crippen molar-refractivity contribution >= 4 is 5.82 Å². The van der Waals surface area contributed by atoms with Crippen molar-refractivity contribution in [3.05, 3.63) is 33.0 Å². The maximum absolute atomic E-state index is 12.6.